The van der Waals surface area contributed by atoms with Gasteiger partial charge in [-0.25, -0.2) is 9.07 Å². The Morgan fingerprint density at radius 2 is 2.20 bits per heavy atom. The maximum Gasteiger partial charge on any atom is 0.276 e. The van der Waals surface area contributed by atoms with Crippen LogP contribution in [0.1, 0.15) is 35.9 Å². The van der Waals surface area contributed by atoms with E-state index in [4.69, 9.17) is 4.74 Å². The lowest BCUT2D eigenvalue weighted by Gasteiger charge is -2.20. The second-order valence-electron chi connectivity index (χ2n) is 6.18. The smallest absolute Gasteiger partial charge is 0.276 e. The van der Waals surface area contributed by atoms with Gasteiger partial charge in [-0.05, 0) is 38.8 Å². The summed E-state index contributed by atoms with van der Waals surface area (Å²) in [7, 11) is 0. The van der Waals surface area contributed by atoms with Gasteiger partial charge in [-0.1, -0.05) is 12.1 Å². The maximum atomic E-state index is 14.0. The Hall–Kier alpha value is -2.54. The lowest BCUT2D eigenvalue weighted by Crippen LogP contribution is -2.43. The molecule has 0 spiro atoms. The summed E-state index contributed by atoms with van der Waals surface area (Å²) in [6, 6.07) is 7.11. The fraction of sp³-hybridized carbons (Fsp3) is 0.389. The van der Waals surface area contributed by atoms with Crippen molar-refractivity contribution in [2.75, 3.05) is 6.61 Å². The van der Waals surface area contributed by atoms with Gasteiger partial charge in [0.2, 0.25) is 5.43 Å². The van der Waals surface area contributed by atoms with E-state index >= 15 is 0 Å². The average molecular weight is 345 g/mol. The van der Waals surface area contributed by atoms with Crippen LogP contribution in [0, 0.1) is 12.7 Å². The van der Waals surface area contributed by atoms with Crippen molar-refractivity contribution in [3.63, 3.8) is 0 Å². The first-order chi connectivity index (χ1) is 12.0. The quantitative estimate of drug-likeness (QED) is 0.920. The van der Waals surface area contributed by atoms with Crippen molar-refractivity contribution < 1.29 is 13.9 Å². The lowest BCUT2D eigenvalue weighted by atomic mass is 10.1. The van der Waals surface area contributed by atoms with Crippen LogP contribution in [0.4, 0.5) is 4.39 Å². The number of rotatable bonds is 4. The van der Waals surface area contributed by atoms with E-state index in [2.05, 4.69) is 10.4 Å². The van der Waals surface area contributed by atoms with E-state index in [1.807, 2.05) is 6.92 Å². The van der Waals surface area contributed by atoms with Gasteiger partial charge in [0.15, 0.2) is 5.69 Å². The molecule has 2 heterocycles. The zero-order valence-electron chi connectivity index (χ0n) is 14.2. The molecule has 2 atom stereocenters. The number of hydrogen-bond acceptors (Lipinski definition) is 4. The summed E-state index contributed by atoms with van der Waals surface area (Å²) < 4.78 is 20.9. The Bertz CT molecular complexity index is 844. The highest BCUT2D eigenvalue weighted by atomic mass is 19.1. The number of nitrogens with one attached hydrogen (secondary N) is 1. The first kappa shape index (κ1) is 17.3. The van der Waals surface area contributed by atoms with Crippen molar-refractivity contribution in [1.82, 2.24) is 15.1 Å². The molecule has 0 bridgehead atoms. The number of carbonyl (C=O) groups excluding carboxylic acids is 1. The van der Waals surface area contributed by atoms with Crippen LogP contribution in [0.25, 0.3) is 5.69 Å². The average Bonchev–Trinajstić information content (AvgIpc) is 3.10. The van der Waals surface area contributed by atoms with E-state index in [9.17, 15) is 14.0 Å². The summed E-state index contributed by atoms with van der Waals surface area (Å²) >= 11 is 0. The molecular formula is C18H20FN3O3. The number of aryl methyl sites for hydroxylation is 1. The van der Waals surface area contributed by atoms with Crippen molar-refractivity contribution in [3.05, 3.63) is 57.8 Å². The molecule has 1 aliphatic rings. The van der Waals surface area contributed by atoms with Crippen molar-refractivity contribution in [2.24, 2.45) is 0 Å². The number of benzene rings is 1. The van der Waals surface area contributed by atoms with E-state index in [-0.39, 0.29) is 23.5 Å². The second-order valence-corrected chi connectivity index (χ2v) is 6.18. The van der Waals surface area contributed by atoms with Gasteiger partial charge in [0, 0.05) is 18.4 Å². The van der Waals surface area contributed by atoms with Crippen LogP contribution in [0.3, 0.4) is 0 Å². The van der Waals surface area contributed by atoms with Gasteiger partial charge < -0.3 is 10.1 Å². The highest BCUT2D eigenvalue weighted by molar-refractivity contribution is 5.92. The molecule has 1 fully saturated rings. The first-order valence-electron chi connectivity index (χ1n) is 8.25. The van der Waals surface area contributed by atoms with E-state index in [1.54, 1.807) is 19.1 Å². The SMILES string of the molecule is Cc1cc(=O)c(C(=O)N[C@H](C)[C@H]2CCCO2)nn1-c1ccccc1F. The normalized spacial score (nSPS) is 18.1. The van der Waals surface area contributed by atoms with Crippen LogP contribution in [0.2, 0.25) is 0 Å². The number of para-hydroxylation sites is 1. The summed E-state index contributed by atoms with van der Waals surface area (Å²) in [5.41, 5.74) is -0.138. The summed E-state index contributed by atoms with van der Waals surface area (Å²) in [4.78, 5) is 24.7. The summed E-state index contributed by atoms with van der Waals surface area (Å²) in [5.74, 6) is -1.07. The van der Waals surface area contributed by atoms with Crippen LogP contribution in [-0.2, 0) is 4.74 Å². The largest absolute Gasteiger partial charge is 0.376 e. The topological polar surface area (TPSA) is 73.2 Å². The third-order valence-corrected chi connectivity index (χ3v) is 4.28. The summed E-state index contributed by atoms with van der Waals surface area (Å²) in [6.07, 6.45) is 1.75. The molecule has 25 heavy (non-hydrogen) atoms. The molecule has 6 nitrogen and oxygen atoms in total. The third-order valence-electron chi connectivity index (χ3n) is 4.28. The Kier molecular flexibility index (Phi) is 4.94. The van der Waals surface area contributed by atoms with Crippen LogP contribution in [0.5, 0.6) is 0 Å². The number of amides is 1. The lowest BCUT2D eigenvalue weighted by molar-refractivity contribution is 0.0708. The van der Waals surface area contributed by atoms with Crippen molar-refractivity contribution in [2.45, 2.75) is 38.8 Å². The molecule has 1 N–H and O–H groups in total. The van der Waals surface area contributed by atoms with E-state index in [1.165, 1.54) is 22.9 Å². The number of ether oxygens (including phenoxy) is 1. The van der Waals surface area contributed by atoms with Crippen molar-refractivity contribution in [3.8, 4) is 5.69 Å². The van der Waals surface area contributed by atoms with Gasteiger partial charge in [-0.15, -0.1) is 0 Å². The van der Waals surface area contributed by atoms with Gasteiger partial charge >= 0.3 is 0 Å². The molecule has 3 rings (SSSR count). The van der Waals surface area contributed by atoms with E-state index < -0.39 is 17.2 Å². The third kappa shape index (κ3) is 3.61. The number of carbonyl (C=O) groups is 1. The number of hydrogen-bond donors (Lipinski definition) is 1. The second kappa shape index (κ2) is 7.14. The fourth-order valence-corrected chi connectivity index (χ4v) is 2.94. The Balaban J connectivity index is 1.91. The molecule has 0 saturated carbocycles. The van der Waals surface area contributed by atoms with E-state index in [0.717, 1.165) is 12.8 Å². The molecule has 7 heteroatoms. The fourth-order valence-electron chi connectivity index (χ4n) is 2.94. The minimum atomic E-state index is -0.585. The Morgan fingerprint density at radius 1 is 1.44 bits per heavy atom. The predicted molar refractivity (Wildman–Crippen MR) is 90.4 cm³/mol. The summed E-state index contributed by atoms with van der Waals surface area (Å²) in [5, 5.41) is 6.85. The van der Waals surface area contributed by atoms with Gasteiger partial charge in [0.1, 0.15) is 11.5 Å². The minimum absolute atomic E-state index is 0.0665. The zero-order chi connectivity index (χ0) is 18.0. The summed E-state index contributed by atoms with van der Waals surface area (Å²) in [6.45, 7) is 4.14. The minimum Gasteiger partial charge on any atom is -0.376 e. The molecule has 1 aromatic carbocycles. The van der Waals surface area contributed by atoms with Crippen LogP contribution < -0.4 is 10.7 Å². The molecule has 132 valence electrons. The monoisotopic (exact) mass is 345 g/mol. The number of nitrogens with zero attached hydrogens (tertiary/aromatic N) is 2. The van der Waals surface area contributed by atoms with Crippen molar-refractivity contribution in [1.29, 1.82) is 0 Å². The van der Waals surface area contributed by atoms with Crippen LogP contribution in [0.15, 0.2) is 35.1 Å². The van der Waals surface area contributed by atoms with Crippen LogP contribution in [-0.4, -0.2) is 34.4 Å². The molecule has 2 aromatic rings. The molecule has 0 radical (unpaired) electrons. The molecule has 1 saturated heterocycles. The maximum absolute atomic E-state index is 14.0. The van der Waals surface area contributed by atoms with Gasteiger partial charge in [-0.2, -0.15) is 5.10 Å². The number of halogens is 1. The highest BCUT2D eigenvalue weighted by Crippen LogP contribution is 2.16. The predicted octanol–water partition coefficient (Wildman–Crippen LogP) is 1.98. The molecule has 1 aliphatic heterocycles. The Morgan fingerprint density at radius 3 is 2.88 bits per heavy atom. The number of aromatic nitrogens is 2. The van der Waals surface area contributed by atoms with Gasteiger partial charge in [0.05, 0.1) is 12.1 Å². The van der Waals surface area contributed by atoms with Gasteiger partial charge in [0.25, 0.3) is 5.91 Å². The standard InChI is InChI=1S/C18H20FN3O3/c1-11-10-15(23)17(18(24)20-12(2)16-8-5-9-25-16)21-22(11)14-7-4-3-6-13(14)19/h3-4,6-7,10,12,16H,5,8-9H2,1-2H3,(H,20,24)/t12-,16-/m1/s1. The Labute approximate surface area is 144 Å². The molecule has 1 aromatic heterocycles. The first-order valence-corrected chi connectivity index (χ1v) is 8.25. The van der Waals surface area contributed by atoms with Crippen LogP contribution >= 0.6 is 0 Å². The molecule has 0 aliphatic carbocycles. The molecule has 0 unspecified atom stereocenters. The molecule has 1 amide bonds. The zero-order valence-corrected chi connectivity index (χ0v) is 14.2. The van der Waals surface area contributed by atoms with Gasteiger partial charge in [-0.3, -0.25) is 9.59 Å². The van der Waals surface area contributed by atoms with Crippen molar-refractivity contribution >= 4 is 5.91 Å². The van der Waals surface area contributed by atoms with E-state index in [0.29, 0.717) is 12.3 Å². The highest BCUT2D eigenvalue weighted by Gasteiger charge is 2.25. The molecular weight excluding hydrogens is 325 g/mol.